The molecule has 0 unspecified atom stereocenters. The van der Waals surface area contributed by atoms with Crippen LogP contribution in [0.25, 0.3) is 11.5 Å². The van der Waals surface area contributed by atoms with E-state index < -0.39 is 0 Å². The maximum absolute atomic E-state index is 12.4. The average molecular weight is 306 g/mol. The fourth-order valence-electron chi connectivity index (χ4n) is 2.37. The van der Waals surface area contributed by atoms with Gasteiger partial charge in [0.25, 0.3) is 0 Å². The molecular formula is C18H14N2O3. The Morgan fingerprint density at radius 1 is 0.913 bits per heavy atom. The van der Waals surface area contributed by atoms with Crippen molar-refractivity contribution in [3.8, 4) is 11.5 Å². The highest BCUT2D eigenvalue weighted by atomic mass is 16.4. The molecular weight excluding hydrogens is 292 g/mol. The van der Waals surface area contributed by atoms with Crippen molar-refractivity contribution in [3.05, 3.63) is 71.4 Å². The molecule has 0 saturated carbocycles. The molecule has 0 spiro atoms. The highest BCUT2D eigenvalue weighted by Gasteiger charge is 2.35. The molecule has 0 fully saturated rings. The predicted molar refractivity (Wildman–Crippen MR) is 84.4 cm³/mol. The van der Waals surface area contributed by atoms with Gasteiger partial charge in [0.2, 0.25) is 23.2 Å². The third kappa shape index (κ3) is 2.36. The highest BCUT2D eigenvalue weighted by Crippen LogP contribution is 2.30. The van der Waals surface area contributed by atoms with Gasteiger partial charge in [0.05, 0.1) is 5.56 Å². The molecule has 2 aromatic heterocycles. The SMILES string of the molecule is CC.O=C1c2ccccc2C(=O)c2oc(-c3cccnc3)nc21. The molecule has 1 aliphatic rings. The summed E-state index contributed by atoms with van der Waals surface area (Å²) in [7, 11) is 0. The Hall–Kier alpha value is -3.08. The minimum atomic E-state index is -0.317. The second-order valence-electron chi connectivity index (χ2n) is 4.64. The molecule has 0 radical (unpaired) electrons. The van der Waals surface area contributed by atoms with Crippen molar-refractivity contribution in [1.29, 1.82) is 0 Å². The van der Waals surface area contributed by atoms with Gasteiger partial charge in [-0.1, -0.05) is 38.1 Å². The summed E-state index contributed by atoms with van der Waals surface area (Å²) in [5.74, 6) is -0.387. The van der Waals surface area contributed by atoms with Crippen molar-refractivity contribution in [3.63, 3.8) is 0 Å². The van der Waals surface area contributed by atoms with Gasteiger partial charge in [-0.25, -0.2) is 4.98 Å². The van der Waals surface area contributed by atoms with E-state index in [-0.39, 0.29) is 28.9 Å². The standard InChI is InChI=1S/C16H8N2O3.C2H6/c19-13-10-5-1-2-6-11(10)14(20)15-12(13)18-16(21-15)9-4-3-7-17-8-9;1-2/h1-8H;1-2H3. The summed E-state index contributed by atoms with van der Waals surface area (Å²) in [6.45, 7) is 4.00. The number of nitrogens with zero attached hydrogens (tertiary/aromatic N) is 2. The summed E-state index contributed by atoms with van der Waals surface area (Å²) < 4.78 is 5.51. The zero-order valence-corrected chi connectivity index (χ0v) is 12.7. The molecule has 1 aromatic carbocycles. The van der Waals surface area contributed by atoms with Crippen molar-refractivity contribution in [2.24, 2.45) is 0 Å². The zero-order chi connectivity index (χ0) is 16.4. The Kier molecular flexibility index (Phi) is 3.85. The molecule has 0 amide bonds. The summed E-state index contributed by atoms with van der Waals surface area (Å²) in [6.07, 6.45) is 3.19. The van der Waals surface area contributed by atoms with E-state index in [9.17, 15) is 9.59 Å². The monoisotopic (exact) mass is 306 g/mol. The molecule has 0 aliphatic heterocycles. The van der Waals surface area contributed by atoms with Gasteiger partial charge in [-0.15, -0.1) is 0 Å². The molecule has 1 aliphatic carbocycles. The van der Waals surface area contributed by atoms with Gasteiger partial charge in [0.1, 0.15) is 0 Å². The number of hydrogen-bond acceptors (Lipinski definition) is 5. The van der Waals surface area contributed by atoms with Crippen molar-refractivity contribution >= 4 is 11.6 Å². The van der Waals surface area contributed by atoms with Crippen molar-refractivity contribution in [2.45, 2.75) is 13.8 Å². The van der Waals surface area contributed by atoms with Crippen LogP contribution in [0.5, 0.6) is 0 Å². The lowest BCUT2D eigenvalue weighted by atomic mass is 9.91. The Bertz CT molecular complexity index is 830. The number of pyridine rings is 1. The number of hydrogen-bond donors (Lipinski definition) is 0. The van der Waals surface area contributed by atoms with Crippen molar-refractivity contribution < 1.29 is 14.0 Å². The number of benzene rings is 1. The Balaban J connectivity index is 0.000000753. The summed E-state index contributed by atoms with van der Waals surface area (Å²) >= 11 is 0. The van der Waals surface area contributed by atoms with Crippen LogP contribution >= 0.6 is 0 Å². The van der Waals surface area contributed by atoms with Gasteiger partial charge < -0.3 is 4.42 Å². The van der Waals surface area contributed by atoms with Crippen LogP contribution in [0.15, 0.2) is 53.2 Å². The van der Waals surface area contributed by atoms with E-state index in [1.165, 1.54) is 0 Å². The number of oxazole rings is 1. The number of rotatable bonds is 1. The number of carbonyl (C=O) groups is 2. The summed E-state index contributed by atoms with van der Waals surface area (Å²) in [5.41, 5.74) is 1.40. The van der Waals surface area contributed by atoms with Gasteiger partial charge in [-0.2, -0.15) is 0 Å². The normalized spacial score (nSPS) is 12.1. The van der Waals surface area contributed by atoms with Crippen LogP contribution in [0.2, 0.25) is 0 Å². The van der Waals surface area contributed by atoms with Gasteiger partial charge in [0.15, 0.2) is 5.69 Å². The molecule has 0 bridgehead atoms. The molecule has 0 atom stereocenters. The largest absolute Gasteiger partial charge is 0.432 e. The van der Waals surface area contributed by atoms with Crippen LogP contribution in [0.4, 0.5) is 0 Å². The first kappa shape index (κ1) is 14.8. The minimum absolute atomic E-state index is 0.00227. The van der Waals surface area contributed by atoms with E-state index in [0.29, 0.717) is 16.7 Å². The Morgan fingerprint density at radius 3 is 2.26 bits per heavy atom. The summed E-state index contributed by atoms with van der Waals surface area (Å²) in [6, 6.07) is 10.2. The highest BCUT2D eigenvalue weighted by molar-refractivity contribution is 6.26. The number of fused-ring (bicyclic) bond motifs is 2. The van der Waals surface area contributed by atoms with Crippen molar-refractivity contribution in [1.82, 2.24) is 9.97 Å². The van der Waals surface area contributed by atoms with Gasteiger partial charge in [0, 0.05) is 23.5 Å². The maximum atomic E-state index is 12.4. The first-order valence-corrected chi connectivity index (χ1v) is 7.35. The first-order chi connectivity index (χ1) is 11.3. The second kappa shape index (κ2) is 5.96. The van der Waals surface area contributed by atoms with Crippen LogP contribution in [0.1, 0.15) is 46.0 Å². The van der Waals surface area contributed by atoms with Gasteiger partial charge in [-0.05, 0) is 12.1 Å². The minimum Gasteiger partial charge on any atom is -0.432 e. The lowest BCUT2D eigenvalue weighted by Gasteiger charge is -2.10. The fraction of sp³-hybridized carbons (Fsp3) is 0.111. The van der Waals surface area contributed by atoms with Gasteiger partial charge >= 0.3 is 0 Å². The lowest BCUT2D eigenvalue weighted by Crippen LogP contribution is -2.19. The molecule has 4 rings (SSSR count). The number of ketones is 2. The number of carbonyl (C=O) groups excluding carboxylic acids is 2. The Labute approximate surface area is 133 Å². The van der Waals surface area contributed by atoms with Crippen molar-refractivity contribution in [2.75, 3.05) is 0 Å². The predicted octanol–water partition coefficient (Wildman–Crippen LogP) is 3.54. The van der Waals surface area contributed by atoms with E-state index in [4.69, 9.17) is 4.42 Å². The number of aromatic nitrogens is 2. The molecule has 23 heavy (non-hydrogen) atoms. The molecule has 5 heteroatoms. The molecule has 0 saturated heterocycles. The Morgan fingerprint density at radius 2 is 1.61 bits per heavy atom. The van der Waals surface area contributed by atoms with E-state index in [1.54, 1.807) is 48.8 Å². The molecule has 114 valence electrons. The quantitative estimate of drug-likeness (QED) is 0.538. The first-order valence-electron chi connectivity index (χ1n) is 7.35. The third-order valence-corrected chi connectivity index (χ3v) is 3.37. The van der Waals surface area contributed by atoms with E-state index in [1.807, 2.05) is 13.8 Å². The molecule has 3 aromatic rings. The van der Waals surface area contributed by atoms with Crippen LogP contribution in [-0.4, -0.2) is 21.5 Å². The fourth-order valence-corrected chi connectivity index (χ4v) is 2.37. The van der Waals surface area contributed by atoms with E-state index in [2.05, 4.69) is 9.97 Å². The van der Waals surface area contributed by atoms with Crippen LogP contribution in [0.3, 0.4) is 0 Å². The molecule has 5 nitrogen and oxygen atoms in total. The maximum Gasteiger partial charge on any atom is 0.231 e. The molecule has 2 heterocycles. The third-order valence-electron chi connectivity index (χ3n) is 3.37. The van der Waals surface area contributed by atoms with Crippen LogP contribution in [0, 0.1) is 0 Å². The summed E-state index contributed by atoms with van der Waals surface area (Å²) in [5, 5.41) is 0. The second-order valence-corrected chi connectivity index (χ2v) is 4.64. The lowest BCUT2D eigenvalue weighted by molar-refractivity contribution is 0.0959. The van der Waals surface area contributed by atoms with E-state index in [0.717, 1.165) is 0 Å². The van der Waals surface area contributed by atoms with Crippen LogP contribution < -0.4 is 0 Å². The topological polar surface area (TPSA) is 73.1 Å². The zero-order valence-electron chi connectivity index (χ0n) is 12.7. The van der Waals surface area contributed by atoms with Crippen LogP contribution in [-0.2, 0) is 0 Å². The molecule has 0 N–H and O–H groups in total. The van der Waals surface area contributed by atoms with Gasteiger partial charge in [-0.3, -0.25) is 14.6 Å². The smallest absolute Gasteiger partial charge is 0.231 e. The summed E-state index contributed by atoms with van der Waals surface area (Å²) in [4.78, 5) is 33.0. The van der Waals surface area contributed by atoms with E-state index >= 15 is 0 Å². The average Bonchev–Trinajstić information content (AvgIpc) is 3.08.